The molecule has 0 radical (unpaired) electrons. The molecule has 0 amide bonds. The fraction of sp³-hybridized carbons (Fsp3) is 0.667. The lowest BCUT2D eigenvalue weighted by molar-refractivity contribution is -0.822. The van der Waals surface area contributed by atoms with E-state index >= 15 is 0 Å². The Kier molecular flexibility index (Phi) is 1.72. The van der Waals surface area contributed by atoms with Crippen LogP contribution >= 0.6 is 0 Å². The largest absolute Gasteiger partial charge is 0.618 e. The van der Waals surface area contributed by atoms with Gasteiger partial charge in [0.25, 0.3) is 0 Å². The highest BCUT2D eigenvalue weighted by atomic mass is 16.6. The number of rotatable bonds is 0. The number of terminal acetylenes is 1. The quantitative estimate of drug-likeness (QED) is 0.259. The highest BCUT2D eigenvalue weighted by molar-refractivity contribution is 4.74. The van der Waals surface area contributed by atoms with E-state index in [9.17, 15) is 5.21 Å². The average molecular weight is 127 g/mol. The number of nitrogens with zero attached hydrogens (tertiary/aromatic N) is 1. The lowest BCUT2D eigenvalue weighted by Gasteiger charge is -2.37. The van der Waals surface area contributed by atoms with Crippen LogP contribution in [0.2, 0.25) is 0 Å². The van der Waals surface area contributed by atoms with E-state index < -0.39 is 4.65 Å². The second-order valence-corrected chi connectivity index (χ2v) is 2.08. The summed E-state index contributed by atoms with van der Waals surface area (Å²) >= 11 is 0. The lowest BCUT2D eigenvalue weighted by Crippen LogP contribution is -2.46. The molecule has 0 N–H and O–H groups in total. The first-order valence-corrected chi connectivity index (χ1v) is 2.90. The van der Waals surface area contributed by atoms with Crippen LogP contribution in [0.15, 0.2) is 0 Å². The molecular formula is C6H9NO2. The van der Waals surface area contributed by atoms with Gasteiger partial charge in [0.1, 0.15) is 19.1 Å². The van der Waals surface area contributed by atoms with E-state index in [2.05, 4.69) is 6.04 Å². The van der Waals surface area contributed by atoms with Gasteiger partial charge in [-0.15, -0.1) is 0 Å². The zero-order chi connectivity index (χ0) is 6.74. The molecule has 0 aromatic carbocycles. The zero-order valence-corrected chi connectivity index (χ0v) is 5.17. The van der Waals surface area contributed by atoms with E-state index in [1.54, 1.807) is 0 Å². The van der Waals surface area contributed by atoms with E-state index in [1.165, 1.54) is 0 Å². The molecule has 0 aliphatic carbocycles. The predicted molar refractivity (Wildman–Crippen MR) is 33.0 cm³/mol. The summed E-state index contributed by atoms with van der Waals surface area (Å²) in [5.74, 6) is 0. The lowest BCUT2D eigenvalue weighted by atomic mass is 10.4. The molecule has 1 fully saturated rings. The maximum Gasteiger partial charge on any atom is 0.134 e. The average Bonchev–Trinajstić information content (AvgIpc) is 1.90. The Bertz CT molecular complexity index is 132. The Morgan fingerprint density at radius 1 is 1.44 bits per heavy atom. The van der Waals surface area contributed by atoms with Crippen LogP contribution in [0.3, 0.4) is 0 Å². The third-order valence-electron chi connectivity index (χ3n) is 1.43. The van der Waals surface area contributed by atoms with Crippen LogP contribution in [0.1, 0.15) is 0 Å². The summed E-state index contributed by atoms with van der Waals surface area (Å²) in [6.07, 6.45) is 4.99. The molecule has 0 bridgehead atoms. The summed E-state index contributed by atoms with van der Waals surface area (Å²) < 4.78 is 4.43. The van der Waals surface area contributed by atoms with Crippen LogP contribution in [0.25, 0.3) is 0 Å². The van der Waals surface area contributed by atoms with Gasteiger partial charge in [0.2, 0.25) is 0 Å². The van der Waals surface area contributed by atoms with Crippen molar-refractivity contribution in [3.05, 3.63) is 5.21 Å². The first-order valence-electron chi connectivity index (χ1n) is 2.90. The van der Waals surface area contributed by atoms with Crippen molar-refractivity contribution in [2.75, 3.05) is 26.3 Å². The molecule has 0 saturated carbocycles. The van der Waals surface area contributed by atoms with Gasteiger partial charge in [-0.3, -0.25) is 4.65 Å². The van der Waals surface area contributed by atoms with Crippen LogP contribution < -0.4 is 0 Å². The second-order valence-electron chi connectivity index (χ2n) is 2.08. The summed E-state index contributed by atoms with van der Waals surface area (Å²) in [6, 6.07) is 2.18. The minimum absolute atomic E-state index is 0.399. The Balaban J connectivity index is 2.49. The topological polar surface area (TPSA) is 32.3 Å². The third kappa shape index (κ3) is 1.42. The zero-order valence-electron chi connectivity index (χ0n) is 5.17. The molecule has 1 rings (SSSR count). The van der Waals surface area contributed by atoms with E-state index in [0.29, 0.717) is 26.3 Å². The Morgan fingerprint density at radius 3 is 2.33 bits per heavy atom. The highest BCUT2D eigenvalue weighted by Gasteiger charge is 2.18. The van der Waals surface area contributed by atoms with Crippen molar-refractivity contribution in [2.24, 2.45) is 0 Å². The molecule has 9 heavy (non-hydrogen) atoms. The molecule has 0 aromatic rings. The molecule has 0 spiro atoms. The van der Waals surface area contributed by atoms with Crippen molar-refractivity contribution in [3.8, 4) is 12.5 Å². The summed E-state index contributed by atoms with van der Waals surface area (Å²) in [5.41, 5.74) is 0. The number of hydrogen-bond donors (Lipinski definition) is 0. The van der Waals surface area contributed by atoms with Gasteiger partial charge in [0, 0.05) is 0 Å². The molecule has 3 nitrogen and oxygen atoms in total. The van der Waals surface area contributed by atoms with E-state index in [1.807, 2.05) is 0 Å². The molecule has 50 valence electrons. The second kappa shape index (κ2) is 2.36. The van der Waals surface area contributed by atoms with E-state index in [4.69, 9.17) is 11.2 Å². The number of hydroxylamine groups is 3. The van der Waals surface area contributed by atoms with Crippen molar-refractivity contribution in [1.29, 1.82) is 0 Å². The minimum Gasteiger partial charge on any atom is -0.618 e. The summed E-state index contributed by atoms with van der Waals surface area (Å²) in [5, 5.41) is 11.1. The monoisotopic (exact) mass is 127 g/mol. The van der Waals surface area contributed by atoms with Gasteiger partial charge in [-0.25, -0.2) is 0 Å². The molecule has 1 saturated heterocycles. The molecule has 0 aromatic heterocycles. The standard InChI is InChI=1S/C6H9NO2/c1-2-7(8)3-5-9-6-4-7/h1H,3-6H2. The maximum atomic E-state index is 11.1. The normalized spacial score (nSPS) is 24.9. The number of morpholine rings is 1. The minimum atomic E-state index is -0.528. The van der Waals surface area contributed by atoms with E-state index in [0.717, 1.165) is 0 Å². The molecule has 0 atom stereocenters. The van der Waals surface area contributed by atoms with Crippen molar-refractivity contribution >= 4 is 0 Å². The first-order chi connectivity index (χ1) is 4.27. The van der Waals surface area contributed by atoms with Gasteiger partial charge in [-0.2, -0.15) is 0 Å². The number of quaternary nitrogens is 1. The van der Waals surface area contributed by atoms with Gasteiger partial charge in [-0.05, 0) is 0 Å². The first kappa shape index (κ1) is 6.56. The predicted octanol–water partition coefficient (Wildman–Crippen LogP) is -0.0781. The smallest absolute Gasteiger partial charge is 0.134 e. The van der Waals surface area contributed by atoms with Crippen LogP contribution in [-0.2, 0) is 4.74 Å². The van der Waals surface area contributed by atoms with Crippen LogP contribution in [0, 0.1) is 17.7 Å². The van der Waals surface area contributed by atoms with Crippen LogP contribution in [-0.4, -0.2) is 30.9 Å². The molecule has 1 heterocycles. The molecule has 1 aliphatic heterocycles. The van der Waals surface area contributed by atoms with Gasteiger partial charge >= 0.3 is 0 Å². The van der Waals surface area contributed by atoms with Crippen LogP contribution in [0.5, 0.6) is 0 Å². The van der Waals surface area contributed by atoms with E-state index in [-0.39, 0.29) is 0 Å². The molecular weight excluding hydrogens is 118 g/mol. The molecule has 0 unspecified atom stereocenters. The van der Waals surface area contributed by atoms with Crippen molar-refractivity contribution in [3.63, 3.8) is 0 Å². The van der Waals surface area contributed by atoms with Gasteiger partial charge < -0.3 is 9.94 Å². The fourth-order valence-corrected chi connectivity index (χ4v) is 0.767. The molecule has 1 aliphatic rings. The van der Waals surface area contributed by atoms with Gasteiger partial charge in [0.15, 0.2) is 0 Å². The number of ether oxygens (including phenoxy) is 1. The van der Waals surface area contributed by atoms with Gasteiger partial charge in [-0.1, -0.05) is 6.42 Å². The fourth-order valence-electron chi connectivity index (χ4n) is 0.767. The summed E-state index contributed by atoms with van der Waals surface area (Å²) in [4.78, 5) is 0. The Hall–Kier alpha value is -0.560. The van der Waals surface area contributed by atoms with Gasteiger partial charge in [0.05, 0.1) is 13.2 Å². The maximum absolute atomic E-state index is 11.1. The van der Waals surface area contributed by atoms with Crippen molar-refractivity contribution in [1.82, 2.24) is 0 Å². The summed E-state index contributed by atoms with van der Waals surface area (Å²) in [6.45, 7) is 1.79. The SMILES string of the molecule is C#C[N+]1([O-])CCOCC1. The van der Waals surface area contributed by atoms with Crippen LogP contribution in [0.4, 0.5) is 0 Å². The summed E-state index contributed by atoms with van der Waals surface area (Å²) in [7, 11) is 0. The Labute approximate surface area is 54.4 Å². The number of hydrogen-bond acceptors (Lipinski definition) is 2. The highest BCUT2D eigenvalue weighted by Crippen LogP contribution is 2.05. The molecule has 3 heteroatoms. The Morgan fingerprint density at radius 2 is 2.00 bits per heavy atom. The van der Waals surface area contributed by atoms with Crippen molar-refractivity contribution < 1.29 is 9.38 Å². The third-order valence-corrected chi connectivity index (χ3v) is 1.43. The van der Waals surface area contributed by atoms with Crippen molar-refractivity contribution in [2.45, 2.75) is 0 Å².